The summed E-state index contributed by atoms with van der Waals surface area (Å²) < 4.78 is 9.26. The summed E-state index contributed by atoms with van der Waals surface area (Å²) in [4.78, 5) is 18.1. The smallest absolute Gasteiger partial charge is 0.280 e. The van der Waals surface area contributed by atoms with E-state index >= 15 is 0 Å². The minimum Gasteiger partial charge on any atom is -0.293 e. The summed E-state index contributed by atoms with van der Waals surface area (Å²) in [6, 6.07) is 10.8. The van der Waals surface area contributed by atoms with E-state index in [1.165, 1.54) is 4.68 Å². The molecule has 0 spiro atoms. The van der Waals surface area contributed by atoms with E-state index in [1.54, 1.807) is 30.5 Å². The lowest BCUT2D eigenvalue weighted by Gasteiger charge is -2.07. The molecule has 0 fully saturated rings. The van der Waals surface area contributed by atoms with Crippen LogP contribution in [0.3, 0.4) is 0 Å². The van der Waals surface area contributed by atoms with Crippen LogP contribution in [0.1, 0.15) is 16.8 Å². The van der Waals surface area contributed by atoms with Gasteiger partial charge in [-0.25, -0.2) is 9.67 Å². The van der Waals surface area contributed by atoms with Gasteiger partial charge in [0.15, 0.2) is 5.82 Å². The maximum atomic E-state index is 12.9. The van der Waals surface area contributed by atoms with Gasteiger partial charge < -0.3 is 0 Å². The lowest BCUT2D eigenvalue weighted by atomic mass is 10.1. The molecule has 3 rings (SSSR count). The summed E-state index contributed by atoms with van der Waals surface area (Å²) in [7, 11) is -0.629. The molecule has 1 aromatic carbocycles. The van der Waals surface area contributed by atoms with Gasteiger partial charge in [0.05, 0.1) is 17.2 Å². The molecule has 1 unspecified atom stereocenters. The van der Waals surface area contributed by atoms with Crippen LogP contribution in [0.15, 0.2) is 46.2 Å². The van der Waals surface area contributed by atoms with Gasteiger partial charge >= 0.3 is 0 Å². The van der Waals surface area contributed by atoms with Crippen molar-refractivity contribution < 1.29 is 0 Å². The monoisotopic (exact) mass is 351 g/mol. The van der Waals surface area contributed by atoms with Crippen molar-refractivity contribution >= 4 is 10.7 Å². The molecule has 0 aliphatic heterocycles. The van der Waals surface area contributed by atoms with Crippen molar-refractivity contribution in [2.75, 3.05) is 6.26 Å². The van der Waals surface area contributed by atoms with E-state index in [2.05, 4.69) is 16.2 Å². The van der Waals surface area contributed by atoms with Gasteiger partial charge in [0, 0.05) is 16.8 Å². The molecule has 6 nitrogen and oxygen atoms in total. The number of hydrogen-bond donors (Lipinski definition) is 2. The summed E-state index contributed by atoms with van der Waals surface area (Å²) in [5.41, 5.74) is 3.34. The Morgan fingerprint density at radius 3 is 2.52 bits per heavy atom. The molecule has 0 amide bonds. The van der Waals surface area contributed by atoms with Crippen molar-refractivity contribution in [1.82, 2.24) is 14.8 Å². The Morgan fingerprint density at radius 2 is 1.96 bits per heavy atom. The number of aromatic amines is 1. The molecular formula is C18H17N5OS. The number of nitrogens with one attached hydrogen (secondary N) is 2. The molecule has 2 heterocycles. The summed E-state index contributed by atoms with van der Waals surface area (Å²) in [6.07, 6.45) is 3.47. The van der Waals surface area contributed by atoms with Crippen LogP contribution in [0.2, 0.25) is 0 Å². The Kier molecular flexibility index (Phi) is 4.38. The minimum atomic E-state index is -0.629. The molecule has 0 aliphatic rings. The lowest BCUT2D eigenvalue weighted by molar-refractivity contribution is 0.802. The minimum absolute atomic E-state index is 0.191. The van der Waals surface area contributed by atoms with Crippen LogP contribution >= 0.6 is 0 Å². The van der Waals surface area contributed by atoms with Crippen molar-refractivity contribution in [1.29, 1.82) is 10.0 Å². The van der Waals surface area contributed by atoms with Gasteiger partial charge in [-0.3, -0.25) is 14.7 Å². The predicted molar refractivity (Wildman–Crippen MR) is 98.1 cm³/mol. The lowest BCUT2D eigenvalue weighted by Crippen LogP contribution is -2.17. The van der Waals surface area contributed by atoms with Crippen LogP contribution < -0.4 is 5.56 Å². The molecule has 0 saturated heterocycles. The first kappa shape index (κ1) is 16.9. The highest BCUT2D eigenvalue weighted by atomic mass is 32.2. The molecule has 0 saturated carbocycles. The third-order valence-corrected chi connectivity index (χ3v) is 5.07. The molecule has 3 aromatic rings. The average Bonchev–Trinajstić information content (AvgIpc) is 2.89. The van der Waals surface area contributed by atoms with E-state index in [4.69, 9.17) is 10.0 Å². The van der Waals surface area contributed by atoms with Crippen molar-refractivity contribution in [3.8, 4) is 23.0 Å². The first-order chi connectivity index (χ1) is 11.9. The van der Waals surface area contributed by atoms with Gasteiger partial charge in [-0.05, 0) is 49.4 Å². The molecule has 0 bridgehead atoms. The first-order valence-electron chi connectivity index (χ1n) is 7.58. The number of hydrogen-bond acceptors (Lipinski definition) is 4. The van der Waals surface area contributed by atoms with Gasteiger partial charge in [-0.2, -0.15) is 5.26 Å². The highest BCUT2D eigenvalue weighted by Gasteiger charge is 2.15. The number of H-pyrrole nitrogens is 1. The van der Waals surface area contributed by atoms with Gasteiger partial charge in [-0.1, -0.05) is 22.8 Å². The SMILES string of the molecule is Cc1cc(-n2[nH]c(C)c(-c3ccc(C#N)cc3)c2=O)ncc1S(C)=N. The Morgan fingerprint density at radius 1 is 1.28 bits per heavy atom. The Labute approximate surface area is 147 Å². The van der Waals surface area contributed by atoms with Crippen LogP contribution in [0, 0.1) is 30.0 Å². The number of pyridine rings is 1. The van der Waals surface area contributed by atoms with Gasteiger partial charge in [0.1, 0.15) is 0 Å². The van der Waals surface area contributed by atoms with E-state index in [9.17, 15) is 4.79 Å². The summed E-state index contributed by atoms with van der Waals surface area (Å²) in [5, 5.41) is 12.0. The van der Waals surface area contributed by atoms with Crippen molar-refractivity contribution in [2.24, 2.45) is 0 Å². The van der Waals surface area contributed by atoms with Gasteiger partial charge in [0.25, 0.3) is 5.56 Å². The van der Waals surface area contributed by atoms with Gasteiger partial charge in [0.2, 0.25) is 0 Å². The third-order valence-electron chi connectivity index (χ3n) is 3.98. The maximum absolute atomic E-state index is 12.9. The summed E-state index contributed by atoms with van der Waals surface area (Å²) in [5.74, 6) is 0.500. The topological polar surface area (TPSA) is 98.3 Å². The van der Waals surface area contributed by atoms with Crippen molar-refractivity contribution in [3.05, 3.63) is 63.7 Å². The Balaban J connectivity index is 2.11. The fraction of sp³-hybridized carbons (Fsp3) is 0.167. The van der Waals surface area contributed by atoms with Crippen LogP contribution in [0.25, 0.3) is 16.9 Å². The summed E-state index contributed by atoms with van der Waals surface area (Å²) >= 11 is 0. The average molecular weight is 351 g/mol. The third kappa shape index (κ3) is 3.04. The number of nitrogens with zero attached hydrogens (tertiary/aromatic N) is 3. The molecule has 25 heavy (non-hydrogen) atoms. The van der Waals surface area contributed by atoms with E-state index < -0.39 is 10.7 Å². The predicted octanol–water partition coefficient (Wildman–Crippen LogP) is 3.09. The fourth-order valence-corrected chi connectivity index (χ4v) is 3.48. The molecule has 2 N–H and O–H groups in total. The fourth-order valence-electron chi connectivity index (χ4n) is 2.73. The molecule has 0 radical (unpaired) electrons. The second-order valence-corrected chi connectivity index (χ2v) is 7.22. The molecule has 0 aliphatic carbocycles. The standard InChI is InChI=1S/C18H17N5OS/c1-11-8-16(21-10-15(11)25(3)20)23-18(24)17(12(2)22-23)14-6-4-13(9-19)5-7-14/h4-8,10,20,22H,1-3H3. The van der Waals surface area contributed by atoms with Crippen molar-refractivity contribution in [3.63, 3.8) is 0 Å². The molecule has 2 aromatic heterocycles. The van der Waals surface area contributed by atoms with E-state index in [0.29, 0.717) is 16.9 Å². The van der Waals surface area contributed by atoms with E-state index in [-0.39, 0.29) is 5.56 Å². The summed E-state index contributed by atoms with van der Waals surface area (Å²) in [6.45, 7) is 3.75. The number of nitriles is 1. The molecule has 1 atom stereocenters. The largest absolute Gasteiger partial charge is 0.293 e. The molecule has 7 heteroatoms. The zero-order chi connectivity index (χ0) is 18.1. The normalized spacial score (nSPS) is 11.9. The van der Waals surface area contributed by atoms with Crippen LogP contribution in [-0.4, -0.2) is 21.0 Å². The Hall–Kier alpha value is -2.98. The van der Waals surface area contributed by atoms with Gasteiger partial charge in [-0.15, -0.1) is 0 Å². The highest BCUT2D eigenvalue weighted by Crippen LogP contribution is 2.21. The second kappa shape index (κ2) is 6.49. The van der Waals surface area contributed by atoms with E-state index in [0.717, 1.165) is 21.7 Å². The second-order valence-electron chi connectivity index (χ2n) is 5.76. The Bertz CT molecular complexity index is 1070. The molecular weight excluding hydrogens is 334 g/mol. The van der Waals surface area contributed by atoms with Crippen LogP contribution in [0.5, 0.6) is 0 Å². The zero-order valence-electron chi connectivity index (χ0n) is 14.1. The highest BCUT2D eigenvalue weighted by molar-refractivity contribution is 7.85. The number of aryl methyl sites for hydroxylation is 2. The number of rotatable bonds is 3. The van der Waals surface area contributed by atoms with E-state index in [1.807, 2.05) is 26.2 Å². The maximum Gasteiger partial charge on any atom is 0.280 e. The van der Waals surface area contributed by atoms with Crippen LogP contribution in [0.4, 0.5) is 0 Å². The first-order valence-corrected chi connectivity index (χ1v) is 9.22. The molecule has 126 valence electrons. The number of benzene rings is 1. The van der Waals surface area contributed by atoms with Crippen LogP contribution in [-0.2, 0) is 10.7 Å². The quantitative estimate of drug-likeness (QED) is 0.758. The zero-order valence-corrected chi connectivity index (χ0v) is 14.9. The number of aromatic nitrogens is 3. The van der Waals surface area contributed by atoms with Crippen molar-refractivity contribution in [2.45, 2.75) is 18.7 Å².